The molecule has 264 valence electrons. The Labute approximate surface area is 280 Å². The van der Waals surface area contributed by atoms with Crippen LogP contribution < -0.4 is 0 Å². The number of aliphatic hydroxyl groups excluding tert-OH is 1. The summed E-state index contributed by atoms with van der Waals surface area (Å²) in [5.41, 5.74) is 1.89. The Morgan fingerprint density at radius 3 is 2.28 bits per heavy atom. The van der Waals surface area contributed by atoms with Crippen LogP contribution in [0.2, 0.25) is 0 Å². The van der Waals surface area contributed by atoms with Crippen LogP contribution in [0.15, 0.2) is 23.1 Å². The van der Waals surface area contributed by atoms with Crippen LogP contribution in [0.5, 0.6) is 0 Å². The van der Waals surface area contributed by atoms with Crippen molar-refractivity contribution in [2.24, 2.45) is 11.3 Å². The summed E-state index contributed by atoms with van der Waals surface area (Å²) >= 11 is 1.12. The van der Waals surface area contributed by atoms with Gasteiger partial charge in [-0.1, -0.05) is 26.8 Å². The van der Waals surface area contributed by atoms with Gasteiger partial charge in [0.2, 0.25) is 10.0 Å². The topological polar surface area (TPSA) is 81.9 Å². The van der Waals surface area contributed by atoms with Crippen LogP contribution in [-0.2, 0) is 35.7 Å². The second-order valence-electron chi connectivity index (χ2n) is 14.5. The molecule has 2 fully saturated rings. The van der Waals surface area contributed by atoms with E-state index in [1.807, 2.05) is 0 Å². The Morgan fingerprint density at radius 1 is 1.00 bits per heavy atom. The summed E-state index contributed by atoms with van der Waals surface area (Å²) in [6.07, 6.45) is -1.52. The smallest absolute Gasteiger partial charge is 0.390 e. The number of β-amino-alcohol motifs (C(OH)–C–C–N with tert-alkyl or cyclic N) is 1. The van der Waals surface area contributed by atoms with Crippen molar-refractivity contribution in [2.45, 2.75) is 89.3 Å². The maximum atomic E-state index is 14.1. The van der Waals surface area contributed by atoms with E-state index in [0.29, 0.717) is 73.9 Å². The molecule has 0 spiro atoms. The Hall–Kier alpha value is -1.71. The van der Waals surface area contributed by atoms with Crippen molar-refractivity contribution < 1.29 is 31.1 Å². The molecule has 0 bridgehead atoms. The number of benzene rings is 1. The summed E-state index contributed by atoms with van der Waals surface area (Å²) < 4.78 is 83.9. The first kappa shape index (κ1) is 36.6. The molecule has 0 saturated carbocycles. The lowest BCUT2D eigenvalue weighted by Gasteiger charge is -2.39. The number of piperidine rings is 2. The van der Waals surface area contributed by atoms with E-state index in [9.17, 15) is 31.1 Å². The molecule has 1 aromatic heterocycles. The zero-order valence-electron chi connectivity index (χ0n) is 27.9. The van der Waals surface area contributed by atoms with Gasteiger partial charge in [0.1, 0.15) is 6.17 Å². The van der Waals surface area contributed by atoms with E-state index >= 15 is 0 Å². The molecule has 0 unspecified atom stereocenters. The number of rotatable bonds is 10. The second-order valence-corrected chi connectivity index (χ2v) is 17.6. The van der Waals surface area contributed by atoms with Crippen LogP contribution in [-0.4, -0.2) is 108 Å². The fourth-order valence-electron chi connectivity index (χ4n) is 7.10. The molecule has 0 amide bonds. The lowest BCUT2D eigenvalue weighted by atomic mass is 9.75. The number of likely N-dealkylation sites (tertiary alicyclic amines) is 2. The van der Waals surface area contributed by atoms with Crippen LogP contribution in [0.25, 0.3) is 11.3 Å². The third-order valence-corrected chi connectivity index (χ3v) is 12.3. The normalized spacial score (nSPS) is 20.9. The highest BCUT2D eigenvalue weighted by atomic mass is 32.2. The number of hydrogen-bond donors (Lipinski definition) is 1. The van der Waals surface area contributed by atoms with E-state index in [2.05, 4.69) is 30.6 Å². The molecular formula is C33H49F4N5O3S2. The third kappa shape index (κ3) is 9.30. The van der Waals surface area contributed by atoms with Crippen LogP contribution in [0.4, 0.5) is 17.6 Å². The van der Waals surface area contributed by atoms with Crippen molar-refractivity contribution in [3.8, 4) is 11.3 Å². The highest BCUT2D eigenvalue weighted by Crippen LogP contribution is 2.40. The molecule has 0 radical (unpaired) electrons. The van der Waals surface area contributed by atoms with Crippen molar-refractivity contribution in [2.75, 3.05) is 57.8 Å². The van der Waals surface area contributed by atoms with Gasteiger partial charge in [0.05, 0.1) is 30.2 Å². The number of sulfonamides is 1. The van der Waals surface area contributed by atoms with Gasteiger partial charge < -0.3 is 14.9 Å². The van der Waals surface area contributed by atoms with Gasteiger partial charge in [-0.15, -0.1) is 11.8 Å². The van der Waals surface area contributed by atoms with Gasteiger partial charge in [-0.3, -0.25) is 4.68 Å². The van der Waals surface area contributed by atoms with Gasteiger partial charge in [-0.2, -0.15) is 22.6 Å². The molecular weight excluding hydrogens is 655 g/mol. The van der Waals surface area contributed by atoms with Gasteiger partial charge in [0.25, 0.3) is 0 Å². The molecule has 1 atom stereocenters. The van der Waals surface area contributed by atoms with Crippen molar-refractivity contribution in [3.05, 3.63) is 35.0 Å². The van der Waals surface area contributed by atoms with Crippen LogP contribution in [0.3, 0.4) is 0 Å². The van der Waals surface area contributed by atoms with Crippen molar-refractivity contribution in [1.82, 2.24) is 23.9 Å². The molecule has 3 aliphatic rings. The van der Waals surface area contributed by atoms with Crippen LogP contribution in [0.1, 0.15) is 63.3 Å². The molecule has 1 aromatic carbocycles. The average Bonchev–Trinajstić information content (AvgIpc) is 3.34. The molecule has 1 N–H and O–H groups in total. The Balaban J connectivity index is 1.38. The van der Waals surface area contributed by atoms with Gasteiger partial charge >= 0.3 is 6.18 Å². The molecule has 2 aromatic rings. The lowest BCUT2D eigenvalue weighted by Crippen LogP contribution is -2.42. The summed E-state index contributed by atoms with van der Waals surface area (Å²) in [7, 11) is -3.52. The van der Waals surface area contributed by atoms with E-state index in [-0.39, 0.29) is 29.9 Å². The van der Waals surface area contributed by atoms with Gasteiger partial charge in [0.15, 0.2) is 0 Å². The minimum atomic E-state index is -4.55. The van der Waals surface area contributed by atoms with Gasteiger partial charge in [0, 0.05) is 73.2 Å². The Bertz CT molecular complexity index is 1480. The molecule has 0 aliphatic carbocycles. The predicted octanol–water partition coefficient (Wildman–Crippen LogP) is 5.53. The molecule has 3 aliphatic heterocycles. The molecule has 4 heterocycles. The number of hydrogen-bond acceptors (Lipinski definition) is 7. The summed E-state index contributed by atoms with van der Waals surface area (Å²) in [4.78, 5) is 4.43. The summed E-state index contributed by atoms with van der Waals surface area (Å²) in [6.45, 7) is 11.4. The summed E-state index contributed by atoms with van der Waals surface area (Å²) in [6, 6.07) is 3.98. The molecule has 2 saturated heterocycles. The monoisotopic (exact) mass is 703 g/mol. The minimum Gasteiger partial charge on any atom is -0.390 e. The maximum Gasteiger partial charge on any atom is 0.417 e. The number of aromatic nitrogens is 2. The number of aliphatic hydroxyl groups is 1. The third-order valence-electron chi connectivity index (χ3n) is 9.98. The quantitative estimate of drug-likeness (QED) is 0.258. The largest absolute Gasteiger partial charge is 0.417 e. The van der Waals surface area contributed by atoms with E-state index in [0.717, 1.165) is 55.7 Å². The molecule has 5 rings (SSSR count). The number of thioether (sulfide) groups is 1. The first-order valence-electron chi connectivity index (χ1n) is 16.6. The highest BCUT2D eigenvalue weighted by molar-refractivity contribution is 7.99. The Kier molecular flexibility index (Phi) is 11.4. The van der Waals surface area contributed by atoms with Crippen molar-refractivity contribution in [1.29, 1.82) is 0 Å². The van der Waals surface area contributed by atoms with Crippen molar-refractivity contribution in [3.63, 3.8) is 0 Å². The van der Waals surface area contributed by atoms with E-state index in [4.69, 9.17) is 5.10 Å². The van der Waals surface area contributed by atoms with E-state index < -0.39 is 34.0 Å². The van der Waals surface area contributed by atoms with E-state index in [1.54, 1.807) is 4.68 Å². The number of halogens is 4. The standard InChI is InChI=1S/C33H49F4N5O3S2/c1-32(2,3)24-7-12-40(13-8-24)20-26(43)21-42-29-11-16-41(47(4,44)45)22-27(29)31(38-42)23-5-6-28(33(35,36)37)30(19-23)46-18-17-39-14-9-25(34)10-15-39/h5-6,19,24-26,43H,7-18,20-22H2,1-4H3/t26-/m0/s1. The molecule has 8 nitrogen and oxygen atoms in total. The Morgan fingerprint density at radius 2 is 1.66 bits per heavy atom. The summed E-state index contributed by atoms with van der Waals surface area (Å²) in [5, 5.41) is 16.0. The first-order valence-corrected chi connectivity index (χ1v) is 19.5. The first-order chi connectivity index (χ1) is 22.0. The zero-order chi connectivity index (χ0) is 34.1. The number of nitrogens with zero attached hydrogens (tertiary/aromatic N) is 5. The van der Waals surface area contributed by atoms with Crippen molar-refractivity contribution >= 4 is 21.8 Å². The lowest BCUT2D eigenvalue weighted by molar-refractivity contribution is -0.139. The van der Waals surface area contributed by atoms with E-state index in [1.165, 1.54) is 16.4 Å². The predicted molar refractivity (Wildman–Crippen MR) is 178 cm³/mol. The van der Waals surface area contributed by atoms with Crippen LogP contribution in [0, 0.1) is 11.3 Å². The summed E-state index contributed by atoms with van der Waals surface area (Å²) in [5.74, 6) is 1.05. The van der Waals surface area contributed by atoms with Gasteiger partial charge in [-0.25, -0.2) is 12.8 Å². The molecule has 47 heavy (non-hydrogen) atoms. The molecule has 14 heteroatoms. The number of fused-ring (bicyclic) bond motifs is 1. The highest BCUT2D eigenvalue weighted by Gasteiger charge is 2.36. The zero-order valence-corrected chi connectivity index (χ0v) is 29.5. The number of alkyl halides is 4. The maximum absolute atomic E-state index is 14.1. The minimum absolute atomic E-state index is 0.0634. The average molecular weight is 704 g/mol. The second kappa shape index (κ2) is 14.6. The fourth-order valence-corrected chi connectivity index (χ4v) is 9.01. The fraction of sp³-hybridized carbons (Fsp3) is 0.727. The van der Waals surface area contributed by atoms with Gasteiger partial charge in [-0.05, 0) is 62.2 Å². The van der Waals surface area contributed by atoms with Crippen LogP contribution >= 0.6 is 11.8 Å². The SMILES string of the molecule is CC(C)(C)C1CCN(C[C@H](O)Cn2nc(-c3ccc(C(F)(F)F)c(SCCN4CCC(F)CC4)c3)c3c2CCN(S(C)(=O)=O)C3)CC1.